The summed E-state index contributed by atoms with van der Waals surface area (Å²) in [4.78, 5) is 75.7. The van der Waals surface area contributed by atoms with Gasteiger partial charge >= 0.3 is 0 Å². The van der Waals surface area contributed by atoms with E-state index in [1.54, 1.807) is 48.5 Å². The quantitative estimate of drug-likeness (QED) is 0.0979. The van der Waals surface area contributed by atoms with Crippen LogP contribution in [0.5, 0.6) is 0 Å². The minimum absolute atomic E-state index is 0.0405. The summed E-state index contributed by atoms with van der Waals surface area (Å²) in [6.07, 6.45) is 0. The Balaban J connectivity index is 1.17. The first-order chi connectivity index (χ1) is 27.7. The molecule has 0 fully saturated rings. The molecule has 0 radical (unpaired) electrons. The molecular weight excluding hydrogens is 760 g/mol. The van der Waals surface area contributed by atoms with Crippen LogP contribution in [0.25, 0.3) is 33.4 Å². The van der Waals surface area contributed by atoms with E-state index in [9.17, 15) is 60.7 Å². The van der Waals surface area contributed by atoms with Crippen LogP contribution in [0.15, 0.2) is 119 Å². The second-order valence-electron chi connectivity index (χ2n) is 12.8. The van der Waals surface area contributed by atoms with E-state index in [-0.39, 0.29) is 67.3 Å². The highest BCUT2D eigenvalue weighted by molar-refractivity contribution is 6.28. The molecule has 6 aromatic carbocycles. The fraction of sp³-hybridized carbons (Fsp3) is 0. The highest BCUT2D eigenvalue weighted by Crippen LogP contribution is 2.48. The summed E-state index contributed by atoms with van der Waals surface area (Å²) in [5, 5.41) is 70.8. The predicted molar refractivity (Wildman–Crippen MR) is 206 cm³/mol. The minimum Gasteiger partial charge on any atom is -0.258 e. The fourth-order valence-electron chi connectivity index (χ4n) is 7.03. The molecule has 0 spiro atoms. The Labute approximate surface area is 321 Å². The molecule has 0 unspecified atom stereocenters. The van der Waals surface area contributed by atoms with Crippen molar-refractivity contribution < 1.29 is 29.5 Å². The van der Waals surface area contributed by atoms with E-state index in [0.29, 0.717) is 22.5 Å². The molecule has 58 heavy (non-hydrogen) atoms. The van der Waals surface area contributed by atoms with E-state index in [1.165, 1.54) is 36.4 Å². The Morgan fingerprint density at radius 1 is 0.328 bits per heavy atom. The molecule has 0 aromatic heterocycles. The molecule has 0 N–H and O–H groups in total. The lowest BCUT2D eigenvalue weighted by molar-refractivity contribution is -0.394. The molecular formula is C38H18N8O12. The smallest absolute Gasteiger partial charge is 0.258 e. The van der Waals surface area contributed by atoms with Crippen molar-refractivity contribution in [2.75, 3.05) is 0 Å². The van der Waals surface area contributed by atoms with Gasteiger partial charge in [0, 0.05) is 58.7 Å². The maximum atomic E-state index is 12.0. The van der Waals surface area contributed by atoms with Gasteiger partial charge in [0.05, 0.1) is 75.6 Å². The molecule has 0 amide bonds. The predicted octanol–water partition coefficient (Wildman–Crippen LogP) is 9.10. The topological polar surface area (TPSA) is 284 Å². The number of aliphatic imine (C=N–C) groups is 2. The third-order valence-corrected chi connectivity index (χ3v) is 9.56. The van der Waals surface area contributed by atoms with Crippen molar-refractivity contribution in [2.45, 2.75) is 0 Å². The third kappa shape index (κ3) is 5.99. The Bertz CT molecular complexity index is 2760. The van der Waals surface area contributed by atoms with Crippen molar-refractivity contribution in [1.82, 2.24) is 0 Å². The Morgan fingerprint density at radius 3 is 0.966 bits per heavy atom. The van der Waals surface area contributed by atoms with E-state index in [1.807, 2.05) is 0 Å². The van der Waals surface area contributed by atoms with E-state index >= 15 is 0 Å². The molecule has 0 heterocycles. The molecule has 0 atom stereocenters. The number of non-ortho nitro benzene ring substituents is 4. The van der Waals surface area contributed by atoms with Gasteiger partial charge in [-0.25, -0.2) is 9.98 Å². The summed E-state index contributed by atoms with van der Waals surface area (Å²) < 4.78 is 0. The molecule has 0 aliphatic heterocycles. The van der Waals surface area contributed by atoms with Crippen LogP contribution >= 0.6 is 0 Å². The zero-order valence-corrected chi connectivity index (χ0v) is 28.9. The minimum atomic E-state index is -0.780. The summed E-state index contributed by atoms with van der Waals surface area (Å²) in [6, 6.07) is 24.6. The van der Waals surface area contributed by atoms with Crippen LogP contribution < -0.4 is 0 Å². The summed E-state index contributed by atoms with van der Waals surface area (Å²) in [6.45, 7) is 0. The highest BCUT2D eigenvalue weighted by atomic mass is 16.6. The Morgan fingerprint density at radius 2 is 0.655 bits per heavy atom. The van der Waals surface area contributed by atoms with Gasteiger partial charge < -0.3 is 0 Å². The second-order valence-corrected chi connectivity index (χ2v) is 12.8. The average molecular weight is 779 g/mol. The largest absolute Gasteiger partial charge is 0.284 e. The third-order valence-electron chi connectivity index (χ3n) is 9.56. The first-order valence-corrected chi connectivity index (χ1v) is 16.6. The summed E-state index contributed by atoms with van der Waals surface area (Å²) in [7, 11) is 0. The number of benzene rings is 6. The van der Waals surface area contributed by atoms with Gasteiger partial charge in [0.15, 0.2) is 0 Å². The van der Waals surface area contributed by atoms with Crippen molar-refractivity contribution in [3.8, 4) is 33.4 Å². The van der Waals surface area contributed by atoms with Gasteiger partial charge in [-0.05, 0) is 58.7 Å². The molecule has 20 nitrogen and oxygen atoms in total. The van der Waals surface area contributed by atoms with Crippen molar-refractivity contribution in [1.29, 1.82) is 0 Å². The van der Waals surface area contributed by atoms with Gasteiger partial charge in [-0.2, -0.15) is 0 Å². The van der Waals surface area contributed by atoms with Gasteiger partial charge in [-0.3, -0.25) is 60.7 Å². The molecule has 2 aliphatic rings. The van der Waals surface area contributed by atoms with Crippen LogP contribution in [0.2, 0.25) is 0 Å². The summed E-state index contributed by atoms with van der Waals surface area (Å²) >= 11 is 0. The lowest BCUT2D eigenvalue weighted by Gasteiger charge is -2.06. The first-order valence-electron chi connectivity index (χ1n) is 16.6. The molecule has 282 valence electrons. The molecule has 6 aromatic rings. The van der Waals surface area contributed by atoms with Crippen LogP contribution in [-0.4, -0.2) is 41.0 Å². The standard InChI is InChI=1S/C38H18N8O12/c47-41(48)23-9-11-27-29(13-23)37(31-15-25(43(51)52)17-33(35(27)31)45(55)56)39-21-5-1-19(2-6-21)20-3-7-22(8-4-20)40-38-30-14-24(42(49)50)10-12-28(30)36-32(38)16-26(44(53)54)18-34(36)46(57)58/h1-18H. The van der Waals surface area contributed by atoms with E-state index in [2.05, 4.69) is 9.98 Å². The maximum absolute atomic E-state index is 12.0. The van der Waals surface area contributed by atoms with Crippen LogP contribution in [0.1, 0.15) is 22.3 Å². The van der Waals surface area contributed by atoms with Gasteiger partial charge in [-0.15, -0.1) is 0 Å². The Kier molecular flexibility index (Phi) is 8.34. The molecule has 0 bridgehead atoms. The summed E-state index contributed by atoms with van der Waals surface area (Å²) in [5.74, 6) is 0. The van der Waals surface area contributed by atoms with Crippen LogP contribution in [-0.2, 0) is 0 Å². The molecule has 8 rings (SSSR count). The van der Waals surface area contributed by atoms with Gasteiger partial charge in [0.2, 0.25) is 0 Å². The lowest BCUT2D eigenvalue weighted by atomic mass is 10.0. The van der Waals surface area contributed by atoms with Crippen LogP contribution in [0.3, 0.4) is 0 Å². The number of nitro benzene ring substituents is 6. The highest BCUT2D eigenvalue weighted by Gasteiger charge is 2.37. The van der Waals surface area contributed by atoms with E-state index < -0.39 is 52.3 Å². The Hall–Kier alpha value is -8.94. The molecule has 0 saturated carbocycles. The summed E-state index contributed by atoms with van der Waals surface area (Å²) in [5.41, 5.74) is 0.312. The molecule has 0 saturated heterocycles. The normalized spacial score (nSPS) is 13.4. The van der Waals surface area contributed by atoms with Gasteiger partial charge in [0.25, 0.3) is 34.1 Å². The number of nitrogens with zero attached hydrogens (tertiary/aromatic N) is 8. The molecule has 20 heteroatoms. The zero-order valence-electron chi connectivity index (χ0n) is 28.9. The van der Waals surface area contributed by atoms with Crippen LogP contribution in [0, 0.1) is 60.7 Å². The van der Waals surface area contributed by atoms with Crippen molar-refractivity contribution in [3.05, 3.63) is 192 Å². The second kappa shape index (κ2) is 13.4. The lowest BCUT2D eigenvalue weighted by Crippen LogP contribution is -2.01. The monoisotopic (exact) mass is 778 g/mol. The van der Waals surface area contributed by atoms with Crippen molar-refractivity contribution in [3.63, 3.8) is 0 Å². The fourth-order valence-corrected chi connectivity index (χ4v) is 7.03. The molecule has 2 aliphatic carbocycles. The van der Waals surface area contributed by atoms with Crippen molar-refractivity contribution in [2.24, 2.45) is 9.98 Å². The van der Waals surface area contributed by atoms with E-state index in [0.717, 1.165) is 24.3 Å². The number of nitro groups is 6. The number of fused-ring (bicyclic) bond motifs is 6. The van der Waals surface area contributed by atoms with Crippen LogP contribution in [0.4, 0.5) is 45.5 Å². The van der Waals surface area contributed by atoms with Gasteiger partial charge in [-0.1, -0.05) is 24.3 Å². The van der Waals surface area contributed by atoms with E-state index in [4.69, 9.17) is 0 Å². The van der Waals surface area contributed by atoms with Crippen molar-refractivity contribution >= 4 is 56.9 Å². The van der Waals surface area contributed by atoms with Gasteiger partial charge in [0.1, 0.15) is 0 Å². The zero-order chi connectivity index (χ0) is 41.2. The average Bonchev–Trinajstić information content (AvgIpc) is 3.68. The first kappa shape index (κ1) is 36.1. The number of hydrogen-bond acceptors (Lipinski definition) is 14. The maximum Gasteiger partial charge on any atom is 0.284 e. The SMILES string of the molecule is O=[N+]([O-])c1ccc2c(c1)C(=Nc1ccc(-c3ccc(N=C4c5cc([N+](=O)[O-])ccc5-c5c4cc([N+](=O)[O-])cc5[N+](=O)[O-])cc3)cc1)c1cc([N+](=O)[O-])cc([N+](=O)[O-])c1-2. The number of rotatable bonds is 9. The number of hydrogen-bond donors (Lipinski definition) is 0.